The van der Waals surface area contributed by atoms with Crippen LogP contribution in [0.25, 0.3) is 0 Å². The van der Waals surface area contributed by atoms with Gasteiger partial charge in [-0.2, -0.15) is 0 Å². The average molecular weight is 405 g/mol. The Hall–Kier alpha value is -0.340. The van der Waals surface area contributed by atoms with Crippen molar-refractivity contribution in [3.05, 3.63) is 43.9 Å². The van der Waals surface area contributed by atoms with Crippen molar-refractivity contribution in [2.75, 3.05) is 4.72 Å². The fraction of sp³-hybridized carbons (Fsp3) is 0. The number of rotatable bonds is 3. The van der Waals surface area contributed by atoms with Crippen LogP contribution < -0.4 is 4.72 Å². The monoisotopic (exact) mass is 403 g/mol. The van der Waals surface area contributed by atoms with Crippen molar-refractivity contribution >= 4 is 66.2 Å². The summed E-state index contributed by atoms with van der Waals surface area (Å²) in [4.78, 5) is 0. The molecule has 1 aromatic heterocycles. The molecular weight excluding hydrogens is 400 g/mol. The number of hydrogen-bond donors (Lipinski definition) is 1. The Morgan fingerprint density at radius 3 is 2.47 bits per heavy atom. The normalized spacial score (nSPS) is 11.6. The third-order valence-corrected chi connectivity index (χ3v) is 6.05. The van der Waals surface area contributed by atoms with Crippen LogP contribution in [0.15, 0.2) is 32.9 Å². The molecule has 0 aliphatic heterocycles. The molecule has 0 fully saturated rings. The molecule has 0 unspecified atom stereocenters. The lowest BCUT2D eigenvalue weighted by Gasteiger charge is -2.10. The Morgan fingerprint density at radius 1 is 1.26 bits per heavy atom. The van der Waals surface area contributed by atoms with E-state index in [9.17, 15) is 12.8 Å². The molecule has 102 valence electrons. The summed E-state index contributed by atoms with van der Waals surface area (Å²) in [5.41, 5.74) is 0.0765. The van der Waals surface area contributed by atoms with Gasteiger partial charge >= 0.3 is 0 Å². The summed E-state index contributed by atoms with van der Waals surface area (Å²) in [6.45, 7) is 0. The van der Waals surface area contributed by atoms with E-state index < -0.39 is 15.8 Å². The molecule has 9 heteroatoms. The van der Waals surface area contributed by atoms with Gasteiger partial charge in [0.25, 0.3) is 10.0 Å². The SMILES string of the molecule is O=S(=O)(Nc1c(Cl)cc(F)cc1Br)c1ccc(Cl)s1. The molecule has 0 radical (unpaired) electrons. The van der Waals surface area contributed by atoms with Gasteiger partial charge < -0.3 is 0 Å². The second kappa shape index (κ2) is 5.57. The van der Waals surface area contributed by atoms with Crippen molar-refractivity contribution in [1.29, 1.82) is 0 Å². The number of sulfonamides is 1. The average Bonchev–Trinajstić information content (AvgIpc) is 2.71. The lowest BCUT2D eigenvalue weighted by atomic mass is 10.3. The number of thiophene rings is 1. The maximum absolute atomic E-state index is 13.1. The molecule has 0 saturated carbocycles. The Labute approximate surface area is 131 Å². The number of benzene rings is 1. The van der Waals surface area contributed by atoms with E-state index in [0.29, 0.717) is 4.34 Å². The van der Waals surface area contributed by atoms with Crippen LogP contribution >= 0.6 is 50.5 Å². The predicted octanol–water partition coefficient (Wildman–Crippen LogP) is 4.76. The Morgan fingerprint density at radius 2 is 1.95 bits per heavy atom. The zero-order chi connectivity index (χ0) is 14.2. The summed E-state index contributed by atoms with van der Waals surface area (Å²) in [6.07, 6.45) is 0. The van der Waals surface area contributed by atoms with Crippen molar-refractivity contribution < 1.29 is 12.8 Å². The third-order valence-electron chi connectivity index (χ3n) is 2.06. The van der Waals surface area contributed by atoms with E-state index in [2.05, 4.69) is 20.7 Å². The molecule has 0 saturated heterocycles. The first-order chi connectivity index (χ1) is 8.79. The van der Waals surface area contributed by atoms with Crippen molar-refractivity contribution in [2.24, 2.45) is 0 Å². The minimum Gasteiger partial charge on any atom is -0.276 e. The lowest BCUT2D eigenvalue weighted by Crippen LogP contribution is -2.12. The smallest absolute Gasteiger partial charge is 0.271 e. The molecule has 2 aromatic rings. The fourth-order valence-electron chi connectivity index (χ4n) is 1.27. The largest absolute Gasteiger partial charge is 0.276 e. The second-order valence-corrected chi connectivity index (χ2v) is 8.29. The molecule has 0 aliphatic carbocycles. The number of hydrogen-bond acceptors (Lipinski definition) is 3. The van der Waals surface area contributed by atoms with Crippen LogP contribution in [0.1, 0.15) is 0 Å². The van der Waals surface area contributed by atoms with Gasteiger partial charge in [-0.1, -0.05) is 23.2 Å². The zero-order valence-corrected chi connectivity index (χ0v) is 13.7. The molecule has 1 aromatic carbocycles. The number of anilines is 1. The Kier molecular flexibility index (Phi) is 4.42. The van der Waals surface area contributed by atoms with Crippen molar-refractivity contribution in [2.45, 2.75) is 4.21 Å². The van der Waals surface area contributed by atoms with Crippen LogP contribution in [-0.4, -0.2) is 8.42 Å². The summed E-state index contributed by atoms with van der Waals surface area (Å²) >= 11 is 15.5. The van der Waals surface area contributed by atoms with Crippen LogP contribution in [0, 0.1) is 5.82 Å². The molecule has 19 heavy (non-hydrogen) atoms. The van der Waals surface area contributed by atoms with Crippen molar-refractivity contribution in [3.63, 3.8) is 0 Å². The van der Waals surface area contributed by atoms with Gasteiger partial charge in [0.05, 0.1) is 15.0 Å². The second-order valence-electron chi connectivity index (χ2n) is 3.41. The van der Waals surface area contributed by atoms with Crippen LogP contribution in [0.5, 0.6) is 0 Å². The van der Waals surface area contributed by atoms with Gasteiger partial charge in [-0.15, -0.1) is 11.3 Å². The first-order valence-corrected chi connectivity index (χ1v) is 8.57. The highest BCUT2D eigenvalue weighted by atomic mass is 79.9. The predicted molar refractivity (Wildman–Crippen MR) is 79.2 cm³/mol. The Balaban J connectivity index is 2.41. The summed E-state index contributed by atoms with van der Waals surface area (Å²) in [5.74, 6) is -0.570. The van der Waals surface area contributed by atoms with Gasteiger partial charge in [-0.3, -0.25) is 4.72 Å². The van der Waals surface area contributed by atoms with E-state index in [4.69, 9.17) is 23.2 Å². The molecule has 2 rings (SSSR count). The van der Waals surface area contributed by atoms with Crippen molar-refractivity contribution in [3.8, 4) is 0 Å². The van der Waals surface area contributed by atoms with Gasteiger partial charge in [0.2, 0.25) is 0 Å². The maximum atomic E-state index is 13.1. The molecule has 0 bridgehead atoms. The molecule has 3 nitrogen and oxygen atoms in total. The minimum atomic E-state index is -3.80. The zero-order valence-electron chi connectivity index (χ0n) is 8.95. The number of nitrogens with one attached hydrogen (secondary N) is 1. The number of halogens is 4. The first-order valence-electron chi connectivity index (χ1n) is 4.72. The van der Waals surface area contributed by atoms with Crippen molar-refractivity contribution in [1.82, 2.24) is 0 Å². The summed E-state index contributed by atoms with van der Waals surface area (Å²) in [6, 6.07) is 4.99. The lowest BCUT2D eigenvalue weighted by molar-refractivity contribution is 0.603. The van der Waals surface area contributed by atoms with E-state index in [1.807, 2.05) is 0 Å². The van der Waals surface area contributed by atoms with Crippen LogP contribution in [0.3, 0.4) is 0 Å². The van der Waals surface area contributed by atoms with E-state index >= 15 is 0 Å². The molecular formula is C10H5BrCl2FNO2S2. The molecule has 1 heterocycles. The van der Waals surface area contributed by atoms with Gasteiger partial charge in [0, 0.05) is 4.47 Å². The summed E-state index contributed by atoms with van der Waals surface area (Å²) in [7, 11) is -3.80. The van der Waals surface area contributed by atoms with Gasteiger partial charge in [-0.25, -0.2) is 12.8 Å². The van der Waals surface area contributed by atoms with E-state index in [-0.39, 0.29) is 19.4 Å². The minimum absolute atomic E-state index is 0.0434. The van der Waals surface area contributed by atoms with E-state index in [0.717, 1.165) is 23.5 Å². The van der Waals surface area contributed by atoms with Gasteiger partial charge in [0.1, 0.15) is 10.0 Å². The highest BCUT2D eigenvalue weighted by Crippen LogP contribution is 2.34. The molecule has 0 amide bonds. The standard InChI is InChI=1S/C10H5BrCl2FNO2S2/c11-6-3-5(14)4-7(12)10(6)15-19(16,17)9-2-1-8(13)18-9/h1-4,15H. The molecule has 0 aliphatic rings. The summed E-state index contributed by atoms with van der Waals surface area (Å²) < 4.78 is 40.1. The van der Waals surface area contributed by atoms with E-state index in [1.54, 1.807) is 0 Å². The molecule has 1 N–H and O–H groups in total. The van der Waals surface area contributed by atoms with Crippen LogP contribution in [0.2, 0.25) is 9.36 Å². The van der Waals surface area contributed by atoms with Crippen LogP contribution in [0.4, 0.5) is 10.1 Å². The van der Waals surface area contributed by atoms with E-state index in [1.165, 1.54) is 12.1 Å². The maximum Gasteiger partial charge on any atom is 0.271 e. The fourth-order valence-corrected chi connectivity index (χ4v) is 4.94. The van der Waals surface area contributed by atoms with Crippen LogP contribution in [-0.2, 0) is 10.0 Å². The Bertz CT molecular complexity index is 710. The van der Waals surface area contributed by atoms with Gasteiger partial charge in [-0.05, 0) is 40.2 Å². The topological polar surface area (TPSA) is 46.2 Å². The molecule has 0 spiro atoms. The molecule has 0 atom stereocenters. The quantitative estimate of drug-likeness (QED) is 0.801. The first kappa shape index (κ1) is 15.1. The highest BCUT2D eigenvalue weighted by molar-refractivity contribution is 9.10. The summed E-state index contributed by atoms with van der Waals surface area (Å²) in [5, 5.41) is -0.0434. The highest BCUT2D eigenvalue weighted by Gasteiger charge is 2.20. The van der Waals surface area contributed by atoms with Gasteiger partial charge in [0.15, 0.2) is 0 Å². The third kappa shape index (κ3) is 3.41.